The Morgan fingerprint density at radius 1 is 0.963 bits per heavy atom. The molecule has 1 amide bonds. The molecule has 1 atom stereocenters. The first kappa shape index (κ1) is 20.7. The summed E-state index contributed by atoms with van der Waals surface area (Å²) in [7, 11) is 0. The zero-order valence-corrected chi connectivity index (χ0v) is 16.0. The van der Waals surface area contributed by atoms with E-state index in [2.05, 4.69) is 5.32 Å². The molecular formula is C21H23NO4S. The first-order valence-electron chi connectivity index (χ1n) is 8.67. The van der Waals surface area contributed by atoms with Crippen LogP contribution < -0.4 is 5.32 Å². The van der Waals surface area contributed by atoms with Crippen molar-refractivity contribution in [2.75, 3.05) is 12.3 Å². The number of Topliss-reactive ketones (excluding diaryl/α,β-unsaturated/α-hetero) is 1. The number of benzene rings is 2. The Kier molecular flexibility index (Phi) is 8.58. The summed E-state index contributed by atoms with van der Waals surface area (Å²) in [6.45, 7) is 1.46. The second kappa shape index (κ2) is 11.2. The third-order valence-corrected chi connectivity index (χ3v) is 5.05. The Bertz CT molecular complexity index is 749. The maximum Gasteiger partial charge on any atom is 0.325 e. The molecule has 0 fully saturated rings. The number of ketones is 1. The van der Waals surface area contributed by atoms with Crippen LogP contribution in [-0.4, -0.2) is 35.2 Å². The summed E-state index contributed by atoms with van der Waals surface area (Å²) < 4.78 is 5.16. The molecule has 6 heteroatoms. The fourth-order valence-electron chi connectivity index (χ4n) is 2.34. The van der Waals surface area contributed by atoms with Crippen molar-refractivity contribution >= 4 is 29.4 Å². The summed E-state index contributed by atoms with van der Waals surface area (Å²) in [6.07, 6.45) is 0.490. The molecule has 2 aromatic rings. The summed E-state index contributed by atoms with van der Waals surface area (Å²) in [5.74, 6) is -0.513. The minimum absolute atomic E-state index is 0.00753. The molecule has 2 rings (SSSR count). The first-order chi connectivity index (χ1) is 13.0. The van der Waals surface area contributed by atoms with Gasteiger partial charge in [0.2, 0.25) is 5.91 Å². The average Bonchev–Trinajstić information content (AvgIpc) is 2.69. The molecule has 1 N–H and O–H groups in total. The van der Waals surface area contributed by atoms with Crippen LogP contribution in [0.2, 0.25) is 0 Å². The number of thioether (sulfide) groups is 1. The molecule has 0 bridgehead atoms. The van der Waals surface area contributed by atoms with Crippen molar-refractivity contribution in [3.63, 3.8) is 0 Å². The summed E-state index contributed by atoms with van der Waals surface area (Å²) in [5.41, 5.74) is 1.89. The van der Waals surface area contributed by atoms with Crippen LogP contribution in [-0.2, 0) is 32.1 Å². The van der Waals surface area contributed by atoms with E-state index in [1.54, 1.807) is 0 Å². The van der Waals surface area contributed by atoms with Crippen LogP contribution in [0.4, 0.5) is 0 Å². The molecule has 0 heterocycles. The van der Waals surface area contributed by atoms with E-state index >= 15 is 0 Å². The van der Waals surface area contributed by atoms with Crippen molar-refractivity contribution < 1.29 is 19.1 Å². The topological polar surface area (TPSA) is 72.5 Å². The summed E-state index contributed by atoms with van der Waals surface area (Å²) >= 11 is 1.28. The SMILES string of the molecule is CC(=O)CS[C@H](Cc1ccccc1)C(=O)NCC(=O)OCc1ccccc1. The zero-order valence-electron chi connectivity index (χ0n) is 15.2. The third-order valence-electron chi connectivity index (χ3n) is 3.69. The van der Waals surface area contributed by atoms with E-state index in [9.17, 15) is 14.4 Å². The second-order valence-corrected chi connectivity index (χ2v) is 7.25. The molecular weight excluding hydrogens is 362 g/mol. The highest BCUT2D eigenvalue weighted by atomic mass is 32.2. The molecule has 0 spiro atoms. The first-order valence-corrected chi connectivity index (χ1v) is 9.71. The Balaban J connectivity index is 1.84. The lowest BCUT2D eigenvalue weighted by Crippen LogP contribution is -2.38. The molecule has 0 aliphatic rings. The predicted octanol–water partition coefficient (Wildman–Crippen LogP) is 2.78. The molecule has 0 aromatic heterocycles. The van der Waals surface area contributed by atoms with Crippen LogP contribution in [0.3, 0.4) is 0 Å². The van der Waals surface area contributed by atoms with E-state index in [1.807, 2.05) is 60.7 Å². The lowest BCUT2D eigenvalue weighted by molar-refractivity contribution is -0.145. The monoisotopic (exact) mass is 385 g/mol. The number of esters is 1. The zero-order chi connectivity index (χ0) is 19.5. The number of hydrogen-bond acceptors (Lipinski definition) is 5. The van der Waals surface area contributed by atoms with Gasteiger partial charge in [0.05, 0.1) is 11.0 Å². The summed E-state index contributed by atoms with van der Waals surface area (Å²) in [4.78, 5) is 35.6. The van der Waals surface area contributed by atoms with Gasteiger partial charge in [-0.2, -0.15) is 0 Å². The van der Waals surface area contributed by atoms with Crippen LogP contribution in [0.1, 0.15) is 18.1 Å². The molecule has 142 valence electrons. The van der Waals surface area contributed by atoms with Gasteiger partial charge in [0.1, 0.15) is 18.9 Å². The number of amides is 1. The van der Waals surface area contributed by atoms with Crippen molar-refractivity contribution in [1.29, 1.82) is 0 Å². The van der Waals surface area contributed by atoms with Gasteiger partial charge in [0, 0.05) is 0 Å². The van der Waals surface area contributed by atoms with E-state index < -0.39 is 11.2 Å². The Labute approximate surface area is 163 Å². The fraction of sp³-hybridized carbons (Fsp3) is 0.286. The van der Waals surface area contributed by atoms with Gasteiger partial charge in [-0.1, -0.05) is 60.7 Å². The predicted molar refractivity (Wildman–Crippen MR) is 106 cm³/mol. The highest BCUT2D eigenvalue weighted by Gasteiger charge is 2.21. The number of rotatable bonds is 10. The molecule has 5 nitrogen and oxygen atoms in total. The smallest absolute Gasteiger partial charge is 0.325 e. The summed E-state index contributed by atoms with van der Waals surface area (Å²) in [6, 6.07) is 18.9. The number of ether oxygens (including phenoxy) is 1. The quantitative estimate of drug-likeness (QED) is 0.637. The molecule has 0 radical (unpaired) electrons. The minimum atomic E-state index is -0.498. The second-order valence-electron chi connectivity index (χ2n) is 6.06. The van der Waals surface area contributed by atoms with Gasteiger partial charge >= 0.3 is 5.97 Å². The van der Waals surface area contributed by atoms with Crippen molar-refractivity contribution in [3.05, 3.63) is 71.8 Å². The fourth-order valence-corrected chi connectivity index (χ4v) is 3.32. The molecule has 0 aliphatic heterocycles. The van der Waals surface area contributed by atoms with E-state index in [1.165, 1.54) is 18.7 Å². The molecule has 0 aliphatic carbocycles. The van der Waals surface area contributed by atoms with Crippen molar-refractivity contribution in [3.8, 4) is 0 Å². The van der Waals surface area contributed by atoms with Gasteiger partial charge in [-0.05, 0) is 24.5 Å². The van der Waals surface area contributed by atoms with Gasteiger partial charge in [-0.25, -0.2) is 0 Å². The van der Waals surface area contributed by atoms with E-state index in [0.29, 0.717) is 6.42 Å². The lowest BCUT2D eigenvalue weighted by atomic mass is 10.1. The van der Waals surface area contributed by atoms with E-state index in [-0.39, 0.29) is 30.6 Å². The Morgan fingerprint density at radius 3 is 2.15 bits per heavy atom. The largest absolute Gasteiger partial charge is 0.460 e. The normalized spacial score (nSPS) is 11.4. The number of carbonyl (C=O) groups is 3. The molecule has 0 unspecified atom stereocenters. The standard InChI is InChI=1S/C21H23NO4S/c1-16(23)15-27-19(12-17-8-4-2-5-9-17)21(25)22-13-20(24)26-14-18-10-6-3-7-11-18/h2-11,19H,12-15H2,1H3,(H,22,25)/t19-/m1/s1. The Morgan fingerprint density at radius 2 is 1.56 bits per heavy atom. The number of carbonyl (C=O) groups excluding carboxylic acids is 3. The Hall–Kier alpha value is -2.60. The molecule has 0 saturated carbocycles. The lowest BCUT2D eigenvalue weighted by Gasteiger charge is -2.16. The van der Waals surface area contributed by atoms with Gasteiger partial charge in [-0.15, -0.1) is 11.8 Å². The third kappa shape index (κ3) is 8.09. The summed E-state index contributed by atoms with van der Waals surface area (Å²) in [5, 5.41) is 2.17. The number of hydrogen-bond donors (Lipinski definition) is 1. The average molecular weight is 385 g/mol. The molecule has 2 aromatic carbocycles. The van der Waals surface area contributed by atoms with E-state index in [0.717, 1.165) is 11.1 Å². The van der Waals surface area contributed by atoms with Crippen LogP contribution >= 0.6 is 11.8 Å². The van der Waals surface area contributed by atoms with Crippen LogP contribution in [0, 0.1) is 0 Å². The number of nitrogens with one attached hydrogen (secondary N) is 1. The highest BCUT2D eigenvalue weighted by Crippen LogP contribution is 2.17. The highest BCUT2D eigenvalue weighted by molar-refractivity contribution is 8.01. The van der Waals surface area contributed by atoms with Crippen molar-refractivity contribution in [1.82, 2.24) is 5.32 Å². The van der Waals surface area contributed by atoms with E-state index in [4.69, 9.17) is 4.74 Å². The maximum absolute atomic E-state index is 12.5. The van der Waals surface area contributed by atoms with Gasteiger partial charge in [-0.3, -0.25) is 14.4 Å². The van der Waals surface area contributed by atoms with Crippen LogP contribution in [0.5, 0.6) is 0 Å². The van der Waals surface area contributed by atoms with Gasteiger partial charge in [0.25, 0.3) is 0 Å². The minimum Gasteiger partial charge on any atom is -0.460 e. The molecule has 27 heavy (non-hydrogen) atoms. The molecule has 0 saturated heterocycles. The maximum atomic E-state index is 12.5. The van der Waals surface area contributed by atoms with Crippen LogP contribution in [0.25, 0.3) is 0 Å². The van der Waals surface area contributed by atoms with Gasteiger partial charge < -0.3 is 10.1 Å². The van der Waals surface area contributed by atoms with Gasteiger partial charge in [0.15, 0.2) is 0 Å². The van der Waals surface area contributed by atoms with Crippen molar-refractivity contribution in [2.45, 2.75) is 25.2 Å². The van der Waals surface area contributed by atoms with Crippen molar-refractivity contribution in [2.24, 2.45) is 0 Å². The van der Waals surface area contributed by atoms with Crippen LogP contribution in [0.15, 0.2) is 60.7 Å².